The van der Waals surface area contributed by atoms with E-state index in [-0.39, 0.29) is 24.1 Å². The lowest BCUT2D eigenvalue weighted by Crippen LogP contribution is -2.30. The molecule has 0 radical (unpaired) electrons. The van der Waals surface area contributed by atoms with E-state index in [1.165, 1.54) is 24.3 Å². The molecule has 0 bridgehead atoms. The summed E-state index contributed by atoms with van der Waals surface area (Å²) in [5, 5.41) is 3.98. The van der Waals surface area contributed by atoms with E-state index in [0.29, 0.717) is 23.8 Å². The van der Waals surface area contributed by atoms with E-state index in [4.69, 9.17) is 13.7 Å². The van der Waals surface area contributed by atoms with Gasteiger partial charge in [0.2, 0.25) is 0 Å². The number of amides is 1. The average molecular weight is 420 g/mol. The van der Waals surface area contributed by atoms with Crippen LogP contribution in [0.5, 0.6) is 5.75 Å². The Morgan fingerprint density at radius 1 is 1.03 bits per heavy atom. The van der Waals surface area contributed by atoms with E-state index in [9.17, 15) is 9.18 Å². The number of carbonyl (C=O) groups is 1. The van der Waals surface area contributed by atoms with Crippen molar-refractivity contribution in [2.75, 3.05) is 4.90 Å². The highest BCUT2D eigenvalue weighted by Crippen LogP contribution is 2.24. The van der Waals surface area contributed by atoms with Gasteiger partial charge in [-0.25, -0.2) is 4.39 Å². The number of nitrogens with zero attached hydrogens (tertiary/aromatic N) is 2. The minimum absolute atomic E-state index is 0.119. The zero-order valence-electron chi connectivity index (χ0n) is 17.2. The predicted octanol–water partition coefficient (Wildman–Crippen LogP) is 5.45. The minimum Gasteiger partial charge on any atom is -0.486 e. The largest absolute Gasteiger partial charge is 0.486 e. The van der Waals surface area contributed by atoms with Gasteiger partial charge in [-0.2, -0.15) is 0 Å². The summed E-state index contributed by atoms with van der Waals surface area (Å²) in [6, 6.07) is 18.4. The molecular weight excluding hydrogens is 399 g/mol. The van der Waals surface area contributed by atoms with E-state index >= 15 is 0 Å². The molecule has 2 aromatic heterocycles. The van der Waals surface area contributed by atoms with Crippen molar-refractivity contribution >= 4 is 11.6 Å². The molecule has 2 heterocycles. The number of carbonyl (C=O) groups excluding carboxylic acids is 1. The van der Waals surface area contributed by atoms with E-state index in [1.807, 2.05) is 44.2 Å². The van der Waals surface area contributed by atoms with E-state index in [2.05, 4.69) is 5.16 Å². The van der Waals surface area contributed by atoms with E-state index in [0.717, 1.165) is 16.9 Å². The van der Waals surface area contributed by atoms with Crippen molar-refractivity contribution in [2.24, 2.45) is 0 Å². The van der Waals surface area contributed by atoms with Crippen LogP contribution >= 0.6 is 0 Å². The molecule has 0 saturated carbocycles. The molecule has 0 atom stereocenters. The van der Waals surface area contributed by atoms with Crippen LogP contribution in [0.3, 0.4) is 0 Å². The Labute approximate surface area is 178 Å². The van der Waals surface area contributed by atoms with Gasteiger partial charge in [-0.15, -0.1) is 0 Å². The fourth-order valence-electron chi connectivity index (χ4n) is 3.16. The highest BCUT2D eigenvalue weighted by atomic mass is 19.1. The van der Waals surface area contributed by atoms with Crippen molar-refractivity contribution in [1.82, 2.24) is 5.16 Å². The van der Waals surface area contributed by atoms with Gasteiger partial charge in [0.25, 0.3) is 5.91 Å². The number of rotatable bonds is 7. The Hall–Kier alpha value is -3.87. The van der Waals surface area contributed by atoms with Crippen LogP contribution in [0.1, 0.15) is 33.3 Å². The Balaban J connectivity index is 1.53. The van der Waals surface area contributed by atoms with Crippen LogP contribution in [0.4, 0.5) is 10.1 Å². The number of ether oxygens (including phenoxy) is 1. The number of anilines is 1. The lowest BCUT2D eigenvalue weighted by Gasteiger charge is -2.21. The van der Waals surface area contributed by atoms with Crippen LogP contribution in [-0.2, 0) is 13.2 Å². The Morgan fingerprint density at radius 3 is 2.45 bits per heavy atom. The molecule has 4 aromatic rings. The molecule has 31 heavy (non-hydrogen) atoms. The molecule has 0 fully saturated rings. The molecule has 0 N–H and O–H groups in total. The second kappa shape index (κ2) is 8.87. The summed E-state index contributed by atoms with van der Waals surface area (Å²) in [6.45, 7) is 4.08. The summed E-state index contributed by atoms with van der Waals surface area (Å²) in [5.41, 5.74) is 2.32. The van der Waals surface area contributed by atoms with Gasteiger partial charge in [-0.05, 0) is 62.4 Å². The van der Waals surface area contributed by atoms with Crippen LogP contribution in [0, 0.1) is 19.7 Å². The third-order valence-corrected chi connectivity index (χ3v) is 4.88. The van der Waals surface area contributed by atoms with E-state index < -0.39 is 0 Å². The molecule has 0 aliphatic rings. The summed E-state index contributed by atoms with van der Waals surface area (Å²) in [6.07, 6.45) is 0. The average Bonchev–Trinajstić information content (AvgIpc) is 3.39. The molecule has 4 rings (SSSR count). The lowest BCUT2D eigenvalue weighted by atomic mass is 10.1. The fraction of sp³-hybridized carbons (Fsp3) is 0.167. The highest BCUT2D eigenvalue weighted by Gasteiger charge is 2.24. The smallest absolute Gasteiger partial charge is 0.294 e. The van der Waals surface area contributed by atoms with Gasteiger partial charge in [0.1, 0.15) is 29.7 Å². The molecule has 0 spiro atoms. The van der Waals surface area contributed by atoms with Crippen LogP contribution in [-0.4, -0.2) is 11.1 Å². The monoisotopic (exact) mass is 420 g/mol. The Bertz CT molecular complexity index is 1150. The predicted molar refractivity (Wildman–Crippen MR) is 112 cm³/mol. The van der Waals surface area contributed by atoms with Crippen LogP contribution in [0.2, 0.25) is 0 Å². The number of furan rings is 1. The van der Waals surface area contributed by atoms with Gasteiger partial charge in [0.05, 0.1) is 12.2 Å². The van der Waals surface area contributed by atoms with Gasteiger partial charge in [-0.3, -0.25) is 4.79 Å². The Kier molecular flexibility index (Phi) is 5.84. The first kappa shape index (κ1) is 20.4. The SMILES string of the molecule is Cc1noc(C)c1CN(C(=O)c1ccc(COc2ccc(F)cc2)o1)c1ccccc1. The summed E-state index contributed by atoms with van der Waals surface area (Å²) < 4.78 is 29.6. The maximum Gasteiger partial charge on any atom is 0.294 e. The summed E-state index contributed by atoms with van der Waals surface area (Å²) >= 11 is 0. The number of aryl methyl sites for hydroxylation is 2. The summed E-state index contributed by atoms with van der Waals surface area (Å²) in [4.78, 5) is 14.9. The minimum atomic E-state index is -0.336. The molecule has 0 aliphatic carbocycles. The third-order valence-electron chi connectivity index (χ3n) is 4.88. The summed E-state index contributed by atoms with van der Waals surface area (Å²) in [7, 11) is 0. The first-order chi connectivity index (χ1) is 15.0. The number of para-hydroxylation sites is 1. The standard InChI is InChI=1S/C24H21FN2O4/c1-16-22(17(2)31-26-16)14-27(19-6-4-3-5-7-19)24(28)23-13-12-21(30-23)15-29-20-10-8-18(25)9-11-20/h3-13H,14-15H2,1-2H3. The zero-order valence-corrected chi connectivity index (χ0v) is 17.2. The van der Waals surface area contributed by atoms with Gasteiger partial charge in [-0.1, -0.05) is 23.4 Å². The van der Waals surface area contributed by atoms with Gasteiger partial charge >= 0.3 is 0 Å². The van der Waals surface area contributed by atoms with Crippen molar-refractivity contribution in [3.05, 3.63) is 101 Å². The van der Waals surface area contributed by atoms with Gasteiger partial charge in [0, 0.05) is 11.3 Å². The molecule has 2 aromatic carbocycles. The molecule has 6 nitrogen and oxygen atoms in total. The van der Waals surface area contributed by atoms with Crippen molar-refractivity contribution in [3.63, 3.8) is 0 Å². The van der Waals surface area contributed by atoms with Gasteiger partial charge in [0.15, 0.2) is 5.76 Å². The number of benzene rings is 2. The molecule has 0 unspecified atom stereocenters. The quantitative estimate of drug-likeness (QED) is 0.398. The fourth-order valence-corrected chi connectivity index (χ4v) is 3.16. The first-order valence-corrected chi connectivity index (χ1v) is 9.77. The summed E-state index contributed by atoms with van der Waals surface area (Å²) in [5.74, 6) is 1.22. The lowest BCUT2D eigenvalue weighted by molar-refractivity contribution is 0.0954. The number of aromatic nitrogens is 1. The highest BCUT2D eigenvalue weighted by molar-refractivity contribution is 6.04. The number of halogens is 1. The molecule has 1 amide bonds. The van der Waals surface area contributed by atoms with Crippen LogP contribution in [0.15, 0.2) is 75.7 Å². The van der Waals surface area contributed by atoms with Crippen LogP contribution < -0.4 is 9.64 Å². The molecule has 158 valence electrons. The number of hydrogen-bond acceptors (Lipinski definition) is 5. The van der Waals surface area contributed by atoms with Gasteiger partial charge < -0.3 is 18.6 Å². The number of hydrogen-bond donors (Lipinski definition) is 0. The van der Waals surface area contributed by atoms with E-state index in [1.54, 1.807) is 17.0 Å². The molecular formula is C24H21FN2O4. The third kappa shape index (κ3) is 4.66. The topological polar surface area (TPSA) is 68.7 Å². The maximum absolute atomic E-state index is 13.3. The zero-order chi connectivity index (χ0) is 21.8. The van der Waals surface area contributed by atoms with Crippen molar-refractivity contribution in [2.45, 2.75) is 27.0 Å². The van der Waals surface area contributed by atoms with Crippen molar-refractivity contribution in [1.29, 1.82) is 0 Å². The second-order valence-electron chi connectivity index (χ2n) is 7.04. The second-order valence-corrected chi connectivity index (χ2v) is 7.04. The van der Waals surface area contributed by atoms with Crippen molar-refractivity contribution in [3.8, 4) is 5.75 Å². The maximum atomic E-state index is 13.3. The Morgan fingerprint density at radius 2 is 1.77 bits per heavy atom. The van der Waals surface area contributed by atoms with Crippen LogP contribution in [0.25, 0.3) is 0 Å². The molecule has 0 aliphatic heterocycles. The first-order valence-electron chi connectivity index (χ1n) is 9.77. The molecule has 0 saturated heterocycles. The molecule has 7 heteroatoms. The van der Waals surface area contributed by atoms with Crippen molar-refractivity contribution < 1.29 is 22.9 Å². The normalized spacial score (nSPS) is 10.8.